The van der Waals surface area contributed by atoms with Gasteiger partial charge in [-0.25, -0.2) is 14.2 Å². The summed E-state index contributed by atoms with van der Waals surface area (Å²) in [7, 11) is 0. The topological polar surface area (TPSA) is 125 Å². The summed E-state index contributed by atoms with van der Waals surface area (Å²) in [5, 5.41) is 0. The Morgan fingerprint density at radius 2 is 1.91 bits per heavy atom. The standard InChI is InChI=1S/C23H28FN3O6/c24-16-6-7-17-18(12-16)32-21(26-17)20(29)23(33-22(25)30,13-15-4-2-1-3-5-15)14-19(28)27-8-10-31-11-9-27/h6-7,12,15H,1-5,8-11,13-14H2,(H2,25,30)/t23-/m0/s1. The second-order valence-electron chi connectivity index (χ2n) is 8.75. The number of primary amides is 1. The molecule has 1 aromatic carbocycles. The maximum atomic E-state index is 13.8. The van der Waals surface area contributed by atoms with Gasteiger partial charge in [0, 0.05) is 19.2 Å². The lowest BCUT2D eigenvalue weighted by molar-refractivity contribution is -0.139. The predicted octanol–water partition coefficient (Wildman–Crippen LogP) is 3.20. The van der Waals surface area contributed by atoms with Gasteiger partial charge in [-0.05, 0) is 24.5 Å². The minimum atomic E-state index is -1.86. The Bertz CT molecular complexity index is 1030. The molecule has 2 heterocycles. The summed E-state index contributed by atoms with van der Waals surface area (Å²) in [4.78, 5) is 44.7. The highest BCUT2D eigenvalue weighted by Gasteiger charge is 2.49. The van der Waals surface area contributed by atoms with E-state index in [0.717, 1.165) is 38.2 Å². The van der Waals surface area contributed by atoms with Crippen LogP contribution in [0.15, 0.2) is 22.6 Å². The molecule has 10 heteroatoms. The van der Waals surface area contributed by atoms with Crippen LogP contribution in [-0.4, -0.2) is 59.6 Å². The molecule has 2 N–H and O–H groups in total. The van der Waals surface area contributed by atoms with E-state index in [1.165, 1.54) is 12.1 Å². The molecule has 1 saturated heterocycles. The van der Waals surface area contributed by atoms with Gasteiger partial charge in [-0.2, -0.15) is 0 Å². The summed E-state index contributed by atoms with van der Waals surface area (Å²) >= 11 is 0. The third-order valence-electron chi connectivity index (χ3n) is 6.40. The Kier molecular flexibility index (Phi) is 6.92. The Morgan fingerprint density at radius 1 is 1.18 bits per heavy atom. The van der Waals surface area contributed by atoms with E-state index in [1.807, 2.05) is 0 Å². The number of rotatable bonds is 7. The van der Waals surface area contributed by atoms with Gasteiger partial charge in [-0.3, -0.25) is 9.59 Å². The highest BCUT2D eigenvalue weighted by atomic mass is 19.1. The molecule has 2 aromatic rings. The van der Waals surface area contributed by atoms with Crippen LogP contribution < -0.4 is 5.73 Å². The number of ether oxygens (including phenoxy) is 2. The Balaban J connectivity index is 1.70. The zero-order valence-electron chi connectivity index (χ0n) is 18.4. The summed E-state index contributed by atoms with van der Waals surface area (Å²) in [6.45, 7) is 1.54. The van der Waals surface area contributed by atoms with Crippen LogP contribution in [-0.2, 0) is 14.3 Å². The van der Waals surface area contributed by atoms with Gasteiger partial charge in [0.1, 0.15) is 11.3 Å². The molecular formula is C23H28FN3O6. The van der Waals surface area contributed by atoms with Crippen LogP contribution in [0.5, 0.6) is 0 Å². The SMILES string of the molecule is NC(=O)O[C@](CC(=O)N1CCOCC1)(CC1CCCCC1)C(=O)c1nc2ccc(F)cc2o1. The molecule has 0 spiro atoms. The van der Waals surface area contributed by atoms with Crippen molar-refractivity contribution in [2.75, 3.05) is 26.3 Å². The van der Waals surface area contributed by atoms with Gasteiger partial charge in [0.15, 0.2) is 11.2 Å². The maximum absolute atomic E-state index is 13.8. The second-order valence-corrected chi connectivity index (χ2v) is 8.75. The molecule has 178 valence electrons. The van der Waals surface area contributed by atoms with E-state index in [4.69, 9.17) is 19.6 Å². The van der Waals surface area contributed by atoms with Gasteiger partial charge >= 0.3 is 6.09 Å². The number of aromatic nitrogens is 1. The number of oxazole rings is 1. The molecule has 0 bridgehead atoms. The Labute approximate surface area is 190 Å². The van der Waals surface area contributed by atoms with Gasteiger partial charge in [-0.1, -0.05) is 32.1 Å². The number of hydrogen-bond acceptors (Lipinski definition) is 7. The number of carbonyl (C=O) groups excluding carboxylic acids is 3. The number of nitrogens with zero attached hydrogens (tertiary/aromatic N) is 2. The molecule has 1 aliphatic heterocycles. The van der Waals surface area contributed by atoms with E-state index in [0.29, 0.717) is 26.3 Å². The molecule has 1 saturated carbocycles. The monoisotopic (exact) mass is 461 g/mol. The Morgan fingerprint density at radius 3 is 2.61 bits per heavy atom. The number of carbonyl (C=O) groups is 3. The fraction of sp³-hybridized carbons (Fsp3) is 0.565. The van der Waals surface area contributed by atoms with Crippen LogP contribution >= 0.6 is 0 Å². The van der Waals surface area contributed by atoms with E-state index in [-0.39, 0.29) is 41.7 Å². The third-order valence-corrected chi connectivity index (χ3v) is 6.40. The second kappa shape index (κ2) is 9.86. The van der Waals surface area contributed by atoms with Gasteiger partial charge in [0.2, 0.25) is 5.91 Å². The summed E-state index contributed by atoms with van der Waals surface area (Å²) in [6, 6.07) is 3.72. The van der Waals surface area contributed by atoms with Gasteiger partial charge < -0.3 is 24.5 Å². The summed E-state index contributed by atoms with van der Waals surface area (Å²) in [5.41, 5.74) is 3.90. The lowest BCUT2D eigenvalue weighted by atomic mass is 9.77. The minimum Gasteiger partial charge on any atom is -0.434 e. The number of morpholine rings is 1. The fourth-order valence-corrected chi connectivity index (χ4v) is 4.78. The molecule has 0 unspecified atom stereocenters. The van der Waals surface area contributed by atoms with E-state index in [9.17, 15) is 18.8 Å². The van der Waals surface area contributed by atoms with Crippen molar-refractivity contribution in [2.45, 2.75) is 50.5 Å². The average Bonchev–Trinajstić information content (AvgIpc) is 3.22. The van der Waals surface area contributed by atoms with Crippen LogP contribution in [0.25, 0.3) is 11.1 Å². The van der Waals surface area contributed by atoms with Crippen LogP contribution in [0.2, 0.25) is 0 Å². The normalized spacial score (nSPS) is 19.2. The van der Waals surface area contributed by atoms with Crippen molar-refractivity contribution in [2.24, 2.45) is 11.7 Å². The number of hydrogen-bond donors (Lipinski definition) is 1. The number of halogens is 1. The number of benzene rings is 1. The summed E-state index contributed by atoms with van der Waals surface area (Å²) < 4.78 is 29.9. The van der Waals surface area contributed by atoms with Gasteiger partial charge in [0.25, 0.3) is 11.7 Å². The van der Waals surface area contributed by atoms with Crippen LogP contribution in [0.4, 0.5) is 9.18 Å². The van der Waals surface area contributed by atoms with Crippen molar-refractivity contribution in [3.05, 3.63) is 29.9 Å². The lowest BCUT2D eigenvalue weighted by Crippen LogP contribution is -2.51. The molecule has 2 aliphatic rings. The van der Waals surface area contributed by atoms with Crippen LogP contribution in [0.1, 0.15) is 55.6 Å². The smallest absolute Gasteiger partial charge is 0.405 e. The van der Waals surface area contributed by atoms with E-state index >= 15 is 0 Å². The van der Waals surface area contributed by atoms with Crippen LogP contribution in [0.3, 0.4) is 0 Å². The quantitative estimate of drug-likeness (QED) is 0.628. The molecule has 1 aromatic heterocycles. The first-order valence-electron chi connectivity index (χ1n) is 11.3. The number of Topliss-reactive ketones (excluding diaryl/α,β-unsaturated/α-hetero) is 1. The predicted molar refractivity (Wildman–Crippen MR) is 115 cm³/mol. The number of nitrogens with two attached hydrogens (primary N) is 1. The zero-order chi connectivity index (χ0) is 23.4. The van der Waals surface area contributed by atoms with Gasteiger partial charge in [-0.15, -0.1) is 0 Å². The molecule has 2 fully saturated rings. The summed E-state index contributed by atoms with van der Waals surface area (Å²) in [6.07, 6.45) is 3.38. The van der Waals surface area contributed by atoms with Crippen LogP contribution in [0, 0.1) is 11.7 Å². The fourth-order valence-electron chi connectivity index (χ4n) is 4.78. The summed E-state index contributed by atoms with van der Waals surface area (Å²) in [5.74, 6) is -1.90. The van der Waals surface area contributed by atoms with E-state index in [2.05, 4.69) is 4.98 Å². The molecule has 0 radical (unpaired) electrons. The number of ketones is 1. The van der Waals surface area contributed by atoms with Crippen molar-refractivity contribution in [3.8, 4) is 0 Å². The molecule has 9 nitrogen and oxygen atoms in total. The first-order valence-corrected chi connectivity index (χ1v) is 11.3. The van der Waals surface area contributed by atoms with Crippen molar-refractivity contribution in [3.63, 3.8) is 0 Å². The van der Waals surface area contributed by atoms with Crippen molar-refractivity contribution in [1.29, 1.82) is 0 Å². The molecule has 2 amide bonds. The molecular weight excluding hydrogens is 433 g/mol. The molecule has 1 aliphatic carbocycles. The first-order chi connectivity index (χ1) is 15.9. The minimum absolute atomic E-state index is 0.0707. The highest BCUT2D eigenvalue weighted by Crippen LogP contribution is 2.37. The maximum Gasteiger partial charge on any atom is 0.405 e. The number of fused-ring (bicyclic) bond motifs is 1. The van der Waals surface area contributed by atoms with E-state index < -0.39 is 23.3 Å². The first kappa shape index (κ1) is 23.2. The zero-order valence-corrected chi connectivity index (χ0v) is 18.4. The largest absolute Gasteiger partial charge is 0.434 e. The molecule has 33 heavy (non-hydrogen) atoms. The molecule has 4 rings (SSSR count). The average molecular weight is 461 g/mol. The third kappa shape index (κ3) is 5.32. The molecule has 1 atom stereocenters. The highest BCUT2D eigenvalue weighted by molar-refractivity contribution is 6.03. The van der Waals surface area contributed by atoms with Crippen molar-refractivity contribution < 1.29 is 32.7 Å². The Hall–Kier alpha value is -3.01. The lowest BCUT2D eigenvalue weighted by Gasteiger charge is -2.36. The number of amides is 2. The van der Waals surface area contributed by atoms with Gasteiger partial charge in [0.05, 0.1) is 19.6 Å². The van der Waals surface area contributed by atoms with Crippen molar-refractivity contribution >= 4 is 28.9 Å². The van der Waals surface area contributed by atoms with E-state index in [1.54, 1.807) is 4.90 Å². The van der Waals surface area contributed by atoms with Crippen molar-refractivity contribution in [1.82, 2.24) is 9.88 Å².